The van der Waals surface area contributed by atoms with Gasteiger partial charge in [-0.1, -0.05) is 23.7 Å². The van der Waals surface area contributed by atoms with E-state index in [0.717, 1.165) is 16.9 Å². The Labute approximate surface area is 133 Å². The Morgan fingerprint density at radius 2 is 2.23 bits per heavy atom. The van der Waals surface area contributed by atoms with Gasteiger partial charge in [-0.25, -0.2) is 4.98 Å². The summed E-state index contributed by atoms with van der Waals surface area (Å²) in [4.78, 5) is 3.96. The van der Waals surface area contributed by atoms with E-state index in [2.05, 4.69) is 15.2 Å². The van der Waals surface area contributed by atoms with Crippen molar-refractivity contribution in [2.75, 3.05) is 0 Å². The lowest BCUT2D eigenvalue weighted by Gasteiger charge is -2.07. The van der Waals surface area contributed by atoms with Crippen LogP contribution in [0.5, 0.6) is 0 Å². The van der Waals surface area contributed by atoms with Crippen LogP contribution in [-0.2, 0) is 12.8 Å². The minimum atomic E-state index is -0.680. The smallest absolute Gasteiger partial charge is 0.178 e. The number of H-pyrrole nitrogens is 1. The van der Waals surface area contributed by atoms with Gasteiger partial charge in [0.1, 0.15) is 18.2 Å². The van der Waals surface area contributed by atoms with E-state index in [4.69, 9.17) is 16.0 Å². The van der Waals surface area contributed by atoms with Gasteiger partial charge < -0.3 is 9.52 Å². The van der Waals surface area contributed by atoms with Crippen LogP contribution in [-0.4, -0.2) is 20.3 Å². The van der Waals surface area contributed by atoms with E-state index in [1.807, 2.05) is 30.3 Å². The number of nitrogens with zero attached hydrogens (tertiary/aromatic N) is 2. The number of aromatic nitrogens is 3. The Kier molecular flexibility index (Phi) is 4.56. The highest BCUT2D eigenvalue weighted by Crippen LogP contribution is 2.22. The van der Waals surface area contributed by atoms with E-state index in [1.54, 1.807) is 6.26 Å². The van der Waals surface area contributed by atoms with Crippen molar-refractivity contribution >= 4 is 11.6 Å². The molecule has 3 rings (SSSR count). The van der Waals surface area contributed by atoms with Crippen molar-refractivity contribution in [1.82, 2.24) is 15.2 Å². The number of aliphatic hydroxyl groups excluding tert-OH is 1. The summed E-state index contributed by atoms with van der Waals surface area (Å²) in [6.07, 6.45) is 4.37. The molecule has 2 heterocycles. The molecule has 22 heavy (non-hydrogen) atoms. The van der Waals surface area contributed by atoms with E-state index in [9.17, 15) is 5.11 Å². The van der Waals surface area contributed by atoms with Crippen LogP contribution in [0.15, 0.2) is 47.3 Å². The third-order valence-corrected chi connectivity index (χ3v) is 3.75. The maximum absolute atomic E-state index is 10.0. The van der Waals surface area contributed by atoms with Crippen LogP contribution in [0.3, 0.4) is 0 Å². The molecule has 1 atom stereocenters. The second-order valence-electron chi connectivity index (χ2n) is 5.09. The fourth-order valence-corrected chi connectivity index (χ4v) is 2.59. The molecular formula is C16H16ClN3O2. The van der Waals surface area contributed by atoms with E-state index in [0.29, 0.717) is 30.1 Å². The van der Waals surface area contributed by atoms with Crippen LogP contribution in [0.25, 0.3) is 0 Å². The van der Waals surface area contributed by atoms with Gasteiger partial charge in [-0.2, -0.15) is 5.10 Å². The number of furan rings is 1. The third kappa shape index (κ3) is 3.55. The van der Waals surface area contributed by atoms with Crippen LogP contribution >= 0.6 is 11.6 Å². The summed E-state index contributed by atoms with van der Waals surface area (Å²) < 4.78 is 5.57. The standard InChI is InChI=1S/C16H16ClN3O2/c17-13-3-1-2-11(8-13)9-15-12(6-7-22-15)4-5-14(21)16-18-10-19-20-16/h1-3,6-8,10,14,21H,4-5,9H2,(H,18,19,20). The molecule has 1 aromatic carbocycles. The molecule has 3 aromatic rings. The average molecular weight is 318 g/mol. The van der Waals surface area contributed by atoms with Crippen LogP contribution in [0.4, 0.5) is 0 Å². The van der Waals surface area contributed by atoms with E-state index >= 15 is 0 Å². The van der Waals surface area contributed by atoms with Gasteiger partial charge in [0.2, 0.25) is 0 Å². The lowest BCUT2D eigenvalue weighted by atomic mass is 10.0. The molecule has 0 bridgehead atoms. The summed E-state index contributed by atoms with van der Waals surface area (Å²) in [5.74, 6) is 1.31. The van der Waals surface area contributed by atoms with Gasteiger partial charge in [0.15, 0.2) is 5.82 Å². The van der Waals surface area contributed by atoms with Crippen molar-refractivity contribution in [2.24, 2.45) is 0 Å². The van der Waals surface area contributed by atoms with Crippen molar-refractivity contribution < 1.29 is 9.52 Å². The van der Waals surface area contributed by atoms with E-state index in [1.165, 1.54) is 6.33 Å². The number of nitrogens with one attached hydrogen (secondary N) is 1. The summed E-state index contributed by atoms with van der Waals surface area (Å²) in [5, 5.41) is 17.2. The predicted molar refractivity (Wildman–Crippen MR) is 82.6 cm³/mol. The minimum Gasteiger partial charge on any atom is -0.469 e. The molecule has 0 fully saturated rings. The first kappa shape index (κ1) is 14.8. The first-order chi connectivity index (χ1) is 10.7. The van der Waals surface area contributed by atoms with Crippen molar-refractivity contribution in [3.63, 3.8) is 0 Å². The first-order valence-corrected chi connectivity index (χ1v) is 7.43. The maximum Gasteiger partial charge on any atom is 0.178 e. The quantitative estimate of drug-likeness (QED) is 0.731. The minimum absolute atomic E-state index is 0.417. The molecular weight excluding hydrogens is 302 g/mol. The number of aromatic amines is 1. The number of aliphatic hydroxyl groups is 1. The zero-order chi connectivity index (χ0) is 15.4. The van der Waals surface area contributed by atoms with Gasteiger partial charge in [-0.05, 0) is 42.2 Å². The summed E-state index contributed by atoms with van der Waals surface area (Å²) in [6, 6.07) is 9.65. The van der Waals surface area contributed by atoms with Gasteiger partial charge >= 0.3 is 0 Å². The molecule has 0 spiro atoms. The molecule has 0 radical (unpaired) electrons. The zero-order valence-corrected chi connectivity index (χ0v) is 12.6. The highest BCUT2D eigenvalue weighted by atomic mass is 35.5. The van der Waals surface area contributed by atoms with Gasteiger partial charge in [0.25, 0.3) is 0 Å². The normalized spacial score (nSPS) is 12.5. The summed E-state index contributed by atoms with van der Waals surface area (Å²) in [6.45, 7) is 0. The molecule has 5 nitrogen and oxygen atoms in total. The molecule has 0 aliphatic heterocycles. The van der Waals surface area contributed by atoms with Crippen molar-refractivity contribution in [3.05, 3.63) is 70.7 Å². The maximum atomic E-state index is 10.0. The fraction of sp³-hybridized carbons (Fsp3) is 0.250. The van der Waals surface area contributed by atoms with Gasteiger partial charge in [0.05, 0.1) is 6.26 Å². The number of hydrogen-bond acceptors (Lipinski definition) is 4. The second kappa shape index (κ2) is 6.77. The van der Waals surface area contributed by atoms with Gasteiger partial charge in [-0.15, -0.1) is 0 Å². The Bertz CT molecular complexity index is 725. The van der Waals surface area contributed by atoms with E-state index < -0.39 is 6.10 Å². The average Bonchev–Trinajstić information content (AvgIpc) is 3.16. The van der Waals surface area contributed by atoms with Crippen LogP contribution in [0.1, 0.15) is 35.2 Å². The molecule has 0 amide bonds. The fourth-order valence-electron chi connectivity index (χ4n) is 2.38. The number of benzene rings is 1. The van der Waals surface area contributed by atoms with Gasteiger partial charge in [0, 0.05) is 11.4 Å². The highest BCUT2D eigenvalue weighted by Gasteiger charge is 2.14. The summed E-state index contributed by atoms with van der Waals surface area (Å²) >= 11 is 6.00. The molecule has 0 aliphatic carbocycles. The van der Waals surface area contributed by atoms with E-state index in [-0.39, 0.29) is 0 Å². The number of aryl methyl sites for hydroxylation is 1. The Balaban J connectivity index is 1.65. The molecule has 0 saturated heterocycles. The van der Waals surface area contributed by atoms with Crippen molar-refractivity contribution in [2.45, 2.75) is 25.4 Å². The van der Waals surface area contributed by atoms with Crippen LogP contribution in [0, 0.1) is 0 Å². The molecule has 6 heteroatoms. The topological polar surface area (TPSA) is 74.9 Å². The van der Waals surface area contributed by atoms with Crippen LogP contribution in [0.2, 0.25) is 5.02 Å². The number of rotatable bonds is 6. The highest BCUT2D eigenvalue weighted by molar-refractivity contribution is 6.30. The number of halogens is 1. The van der Waals surface area contributed by atoms with Crippen molar-refractivity contribution in [1.29, 1.82) is 0 Å². The Hall–Kier alpha value is -2.11. The Morgan fingerprint density at radius 1 is 1.32 bits per heavy atom. The largest absolute Gasteiger partial charge is 0.469 e. The zero-order valence-electron chi connectivity index (χ0n) is 11.9. The third-order valence-electron chi connectivity index (χ3n) is 3.51. The molecule has 114 valence electrons. The molecule has 2 N–H and O–H groups in total. The molecule has 1 unspecified atom stereocenters. The summed E-state index contributed by atoms with van der Waals surface area (Å²) in [5.41, 5.74) is 2.17. The first-order valence-electron chi connectivity index (χ1n) is 7.06. The molecule has 0 saturated carbocycles. The predicted octanol–water partition coefficient (Wildman–Crippen LogP) is 3.31. The molecule has 2 aromatic heterocycles. The SMILES string of the molecule is OC(CCc1ccoc1Cc1cccc(Cl)c1)c1nc[nH]n1. The second-order valence-corrected chi connectivity index (χ2v) is 5.52. The monoisotopic (exact) mass is 317 g/mol. The lowest BCUT2D eigenvalue weighted by molar-refractivity contribution is 0.158. The van der Waals surface area contributed by atoms with Crippen LogP contribution < -0.4 is 0 Å². The Morgan fingerprint density at radius 3 is 3.00 bits per heavy atom. The van der Waals surface area contributed by atoms with Gasteiger partial charge in [-0.3, -0.25) is 5.10 Å². The van der Waals surface area contributed by atoms with Crippen molar-refractivity contribution in [3.8, 4) is 0 Å². The summed E-state index contributed by atoms with van der Waals surface area (Å²) in [7, 11) is 0. The lowest BCUT2D eigenvalue weighted by Crippen LogP contribution is -2.02. The number of hydrogen-bond donors (Lipinski definition) is 2. The molecule has 0 aliphatic rings.